The second kappa shape index (κ2) is 29.0. The summed E-state index contributed by atoms with van der Waals surface area (Å²) in [6.07, 6.45) is 0.523. The summed E-state index contributed by atoms with van der Waals surface area (Å²) in [5.74, 6) is -1.59. The van der Waals surface area contributed by atoms with E-state index in [-0.39, 0.29) is 29.9 Å². The fraction of sp³-hybridized carbons (Fsp3) is 0.571. The van der Waals surface area contributed by atoms with Crippen molar-refractivity contribution in [3.05, 3.63) is 36.5 Å². The molecule has 0 saturated carbocycles. The van der Waals surface area contributed by atoms with Crippen LogP contribution in [0.2, 0.25) is 0 Å². The third-order valence-corrected chi connectivity index (χ3v) is 1.80. The quantitative estimate of drug-likeness (QED) is 0.510. The first kappa shape index (κ1) is 42.0. The SMILES string of the molecule is C=C(C)C(=O)OC.C=C(C)C(=O)OC.C=C(CC)C(=O)O.CN(C)C.CN(C)C.Cl. The normalized spacial score (nSPS) is 7.90. The highest BCUT2D eigenvalue weighted by atomic mass is 35.5. The lowest BCUT2D eigenvalue weighted by molar-refractivity contribution is -0.136. The maximum absolute atomic E-state index is 10.2. The van der Waals surface area contributed by atoms with Crippen LogP contribution in [0.1, 0.15) is 27.2 Å². The summed E-state index contributed by atoms with van der Waals surface area (Å²) in [7, 11) is 14.7. The Balaban J connectivity index is -0.0000000608. The molecule has 30 heavy (non-hydrogen) atoms. The Hall–Kier alpha value is -2.16. The van der Waals surface area contributed by atoms with E-state index in [0.29, 0.717) is 17.6 Å². The lowest BCUT2D eigenvalue weighted by Gasteiger charge is -1.91. The van der Waals surface area contributed by atoms with Crippen molar-refractivity contribution in [2.24, 2.45) is 0 Å². The van der Waals surface area contributed by atoms with Crippen molar-refractivity contribution in [2.45, 2.75) is 27.2 Å². The Morgan fingerprint density at radius 3 is 0.967 bits per heavy atom. The lowest BCUT2D eigenvalue weighted by Crippen LogP contribution is -1.99. The van der Waals surface area contributed by atoms with Gasteiger partial charge in [0.2, 0.25) is 0 Å². The maximum Gasteiger partial charge on any atom is 0.332 e. The second-order valence-corrected chi connectivity index (χ2v) is 6.49. The third kappa shape index (κ3) is 63.5. The van der Waals surface area contributed by atoms with Crippen LogP contribution in [0.5, 0.6) is 0 Å². The smallest absolute Gasteiger partial charge is 0.332 e. The summed E-state index contributed by atoms with van der Waals surface area (Å²) >= 11 is 0. The van der Waals surface area contributed by atoms with Gasteiger partial charge in [-0.25, -0.2) is 14.4 Å². The molecule has 8 nitrogen and oxygen atoms in total. The fourth-order valence-corrected chi connectivity index (χ4v) is 0.500. The number of carboxylic acid groups (broad SMARTS) is 1. The molecule has 0 aromatic rings. The molecule has 0 unspecified atom stereocenters. The van der Waals surface area contributed by atoms with Gasteiger partial charge in [0.15, 0.2) is 0 Å². The molecule has 0 saturated heterocycles. The molecule has 0 rings (SSSR count). The van der Waals surface area contributed by atoms with Crippen LogP contribution in [0.4, 0.5) is 0 Å². The molecule has 0 radical (unpaired) electrons. The minimum absolute atomic E-state index is 0. The number of rotatable bonds is 4. The van der Waals surface area contributed by atoms with Gasteiger partial charge in [-0.3, -0.25) is 0 Å². The predicted octanol–water partition coefficient (Wildman–Crippen LogP) is 3.29. The summed E-state index contributed by atoms with van der Waals surface area (Å²) in [5, 5.41) is 8.08. The van der Waals surface area contributed by atoms with Crippen LogP contribution < -0.4 is 0 Å². The molecule has 1 N–H and O–H groups in total. The molecular formula is C21H43ClN2O6. The predicted molar refractivity (Wildman–Crippen MR) is 127 cm³/mol. The van der Waals surface area contributed by atoms with E-state index in [1.54, 1.807) is 20.8 Å². The van der Waals surface area contributed by atoms with Gasteiger partial charge in [0.05, 0.1) is 14.2 Å². The Bertz CT molecular complexity index is 430. The van der Waals surface area contributed by atoms with Gasteiger partial charge in [0.1, 0.15) is 0 Å². The monoisotopic (exact) mass is 454 g/mol. The van der Waals surface area contributed by atoms with Gasteiger partial charge >= 0.3 is 17.9 Å². The molecule has 0 spiro atoms. The minimum atomic E-state index is -0.900. The van der Waals surface area contributed by atoms with Crippen molar-refractivity contribution >= 4 is 30.3 Å². The molecule has 0 fully saturated rings. The van der Waals surface area contributed by atoms with E-state index in [1.807, 2.05) is 52.1 Å². The highest BCUT2D eigenvalue weighted by Crippen LogP contribution is 1.93. The van der Waals surface area contributed by atoms with Crippen LogP contribution in [0.15, 0.2) is 36.5 Å². The summed E-state index contributed by atoms with van der Waals surface area (Å²) in [6, 6.07) is 0. The first-order valence-corrected chi connectivity index (χ1v) is 8.62. The molecule has 0 aliphatic carbocycles. The molecule has 0 bridgehead atoms. The Labute approximate surface area is 189 Å². The van der Waals surface area contributed by atoms with Crippen LogP contribution in [-0.4, -0.2) is 89.3 Å². The van der Waals surface area contributed by atoms with Crippen molar-refractivity contribution in [3.8, 4) is 0 Å². The minimum Gasteiger partial charge on any atom is -0.478 e. The number of carboxylic acids is 1. The summed E-state index contributed by atoms with van der Waals surface area (Å²) in [4.78, 5) is 34.2. The molecule has 0 aliphatic rings. The molecular weight excluding hydrogens is 412 g/mol. The topological polar surface area (TPSA) is 96.4 Å². The number of nitrogens with zero attached hydrogens (tertiary/aromatic N) is 2. The Morgan fingerprint density at radius 2 is 0.967 bits per heavy atom. The van der Waals surface area contributed by atoms with Gasteiger partial charge in [-0.15, -0.1) is 12.4 Å². The second-order valence-electron chi connectivity index (χ2n) is 6.49. The largest absolute Gasteiger partial charge is 0.478 e. The number of ether oxygens (including phenoxy) is 2. The van der Waals surface area contributed by atoms with E-state index >= 15 is 0 Å². The van der Waals surface area contributed by atoms with E-state index < -0.39 is 5.97 Å². The molecule has 0 atom stereocenters. The standard InChI is InChI=1S/3C5H8O2.2C3H9N.ClH/c2*1-4(2)5(6)7-3;1-3-4(2)5(6)7;2*1-4(2)3;/h2*1H2,2-3H3;2-3H2,1H3,(H,6,7);2*1-3H3;1H. The molecule has 0 aromatic carbocycles. The Kier molecular flexibility index (Phi) is 40.7. The summed E-state index contributed by atoms with van der Waals surface area (Å²) < 4.78 is 8.55. The first-order valence-electron chi connectivity index (χ1n) is 8.62. The van der Waals surface area contributed by atoms with Crippen molar-refractivity contribution in [1.82, 2.24) is 9.80 Å². The molecule has 0 amide bonds. The van der Waals surface area contributed by atoms with Gasteiger partial charge < -0.3 is 24.4 Å². The van der Waals surface area contributed by atoms with Gasteiger partial charge in [0, 0.05) is 16.7 Å². The number of hydrogen-bond acceptors (Lipinski definition) is 7. The number of hydrogen-bond donors (Lipinski definition) is 1. The third-order valence-electron chi connectivity index (χ3n) is 1.80. The van der Waals surface area contributed by atoms with Crippen LogP contribution >= 0.6 is 12.4 Å². The molecule has 0 heterocycles. The number of halogens is 1. The van der Waals surface area contributed by atoms with Crippen molar-refractivity contribution < 1.29 is 29.0 Å². The van der Waals surface area contributed by atoms with Gasteiger partial charge in [-0.2, -0.15) is 0 Å². The molecule has 0 aromatic heterocycles. The van der Waals surface area contributed by atoms with E-state index in [9.17, 15) is 14.4 Å². The van der Waals surface area contributed by atoms with Crippen molar-refractivity contribution in [2.75, 3.05) is 56.5 Å². The lowest BCUT2D eigenvalue weighted by atomic mass is 10.2. The summed E-state index contributed by atoms with van der Waals surface area (Å²) in [6.45, 7) is 14.9. The van der Waals surface area contributed by atoms with Crippen molar-refractivity contribution in [3.63, 3.8) is 0 Å². The zero-order valence-corrected chi connectivity index (χ0v) is 21.4. The van der Waals surface area contributed by atoms with Gasteiger partial charge in [0.25, 0.3) is 0 Å². The van der Waals surface area contributed by atoms with Crippen LogP contribution in [0, 0.1) is 0 Å². The average molecular weight is 455 g/mol. The number of carbonyl (C=O) groups is 3. The molecule has 180 valence electrons. The first-order chi connectivity index (χ1) is 13.0. The zero-order valence-electron chi connectivity index (χ0n) is 20.6. The van der Waals surface area contributed by atoms with E-state index in [0.717, 1.165) is 0 Å². The molecule has 9 heteroatoms. The number of aliphatic carboxylic acids is 1. The molecule has 0 aliphatic heterocycles. The van der Waals surface area contributed by atoms with Crippen molar-refractivity contribution in [1.29, 1.82) is 0 Å². The Morgan fingerprint density at radius 1 is 0.767 bits per heavy atom. The number of esters is 2. The van der Waals surface area contributed by atoms with E-state index in [4.69, 9.17) is 5.11 Å². The van der Waals surface area contributed by atoms with Gasteiger partial charge in [-0.1, -0.05) is 26.7 Å². The fourth-order valence-electron chi connectivity index (χ4n) is 0.500. The highest BCUT2D eigenvalue weighted by molar-refractivity contribution is 5.87. The number of carbonyl (C=O) groups excluding carboxylic acids is 2. The zero-order chi connectivity index (χ0) is 24.7. The highest BCUT2D eigenvalue weighted by Gasteiger charge is 1.97. The average Bonchev–Trinajstić information content (AvgIpc) is 2.59. The van der Waals surface area contributed by atoms with Crippen LogP contribution in [0.25, 0.3) is 0 Å². The van der Waals surface area contributed by atoms with E-state index in [1.165, 1.54) is 14.2 Å². The summed E-state index contributed by atoms with van der Waals surface area (Å²) in [5.41, 5.74) is 1.13. The van der Waals surface area contributed by atoms with Crippen LogP contribution in [0.3, 0.4) is 0 Å². The maximum atomic E-state index is 10.2. The van der Waals surface area contributed by atoms with Gasteiger partial charge in [-0.05, 0) is 62.6 Å². The van der Waals surface area contributed by atoms with Crippen LogP contribution in [-0.2, 0) is 23.9 Å². The number of methoxy groups -OCH3 is 2. The van der Waals surface area contributed by atoms with E-state index in [2.05, 4.69) is 29.2 Å².